The van der Waals surface area contributed by atoms with Gasteiger partial charge in [0.1, 0.15) is 23.7 Å². The number of benzene rings is 2. The molecule has 19 heavy (non-hydrogen) atoms. The minimum absolute atomic E-state index is 0.202. The van der Waals surface area contributed by atoms with Gasteiger partial charge in [0.05, 0.1) is 11.3 Å². The van der Waals surface area contributed by atoms with Gasteiger partial charge in [-0.2, -0.15) is 0 Å². The van der Waals surface area contributed by atoms with Gasteiger partial charge in [-0.3, -0.25) is 0 Å². The van der Waals surface area contributed by atoms with Crippen LogP contribution in [0.1, 0.15) is 5.56 Å². The Morgan fingerprint density at radius 3 is 2.84 bits per heavy atom. The molecule has 0 fully saturated rings. The molecule has 0 saturated heterocycles. The highest BCUT2D eigenvalue weighted by atomic mass is 35.5. The molecule has 96 valence electrons. The SMILES string of the molecule is Oc1ccc2occ(COc3ccccc3Cl)c2c1. The largest absolute Gasteiger partial charge is 0.508 e. The number of hydrogen-bond donors (Lipinski definition) is 1. The second kappa shape index (κ2) is 4.86. The molecule has 1 N–H and O–H groups in total. The molecule has 3 rings (SSSR count). The maximum atomic E-state index is 9.50. The maximum absolute atomic E-state index is 9.50. The zero-order chi connectivity index (χ0) is 13.2. The van der Waals surface area contributed by atoms with Crippen LogP contribution in [-0.4, -0.2) is 5.11 Å². The van der Waals surface area contributed by atoms with Crippen molar-refractivity contribution < 1.29 is 14.3 Å². The van der Waals surface area contributed by atoms with Crippen LogP contribution in [0.15, 0.2) is 53.1 Å². The number of halogens is 1. The van der Waals surface area contributed by atoms with Gasteiger partial charge in [0.2, 0.25) is 0 Å². The highest BCUT2D eigenvalue weighted by molar-refractivity contribution is 6.32. The van der Waals surface area contributed by atoms with Crippen molar-refractivity contribution in [3.63, 3.8) is 0 Å². The molecule has 0 aliphatic carbocycles. The number of fused-ring (bicyclic) bond motifs is 1. The molecule has 1 heterocycles. The van der Waals surface area contributed by atoms with Crippen LogP contribution in [-0.2, 0) is 6.61 Å². The van der Waals surface area contributed by atoms with E-state index in [2.05, 4.69) is 0 Å². The molecule has 0 atom stereocenters. The number of rotatable bonds is 3. The van der Waals surface area contributed by atoms with Crippen LogP contribution < -0.4 is 4.74 Å². The van der Waals surface area contributed by atoms with E-state index in [0.717, 1.165) is 16.5 Å². The molecule has 1 aromatic heterocycles. The Morgan fingerprint density at radius 2 is 2.00 bits per heavy atom. The average Bonchev–Trinajstić information content (AvgIpc) is 2.80. The minimum atomic E-state index is 0.202. The van der Waals surface area contributed by atoms with E-state index in [1.807, 2.05) is 18.2 Å². The monoisotopic (exact) mass is 274 g/mol. The molecule has 2 aromatic carbocycles. The molecular formula is C15H11ClO3. The van der Waals surface area contributed by atoms with Crippen LogP contribution >= 0.6 is 11.6 Å². The molecule has 0 aliphatic heterocycles. The Labute approximate surface area is 115 Å². The Hall–Kier alpha value is -2.13. The van der Waals surface area contributed by atoms with Crippen molar-refractivity contribution in [1.82, 2.24) is 0 Å². The fourth-order valence-corrected chi connectivity index (χ4v) is 2.09. The lowest BCUT2D eigenvalue weighted by Crippen LogP contribution is -1.94. The van der Waals surface area contributed by atoms with Gasteiger partial charge in [-0.05, 0) is 30.3 Å². The molecule has 0 bridgehead atoms. The van der Waals surface area contributed by atoms with Gasteiger partial charge in [-0.25, -0.2) is 0 Å². The first-order valence-electron chi connectivity index (χ1n) is 5.80. The zero-order valence-electron chi connectivity index (χ0n) is 9.97. The van der Waals surface area contributed by atoms with Crippen molar-refractivity contribution >= 4 is 22.6 Å². The summed E-state index contributed by atoms with van der Waals surface area (Å²) in [5, 5.41) is 10.9. The first kappa shape index (κ1) is 11.9. The number of hydrogen-bond acceptors (Lipinski definition) is 3. The smallest absolute Gasteiger partial charge is 0.138 e. The number of phenolic OH excluding ortho intramolecular Hbond substituents is 1. The predicted octanol–water partition coefficient (Wildman–Crippen LogP) is 4.37. The Bertz CT molecular complexity index is 718. The average molecular weight is 275 g/mol. The fraction of sp³-hybridized carbons (Fsp3) is 0.0667. The fourth-order valence-electron chi connectivity index (χ4n) is 1.90. The van der Waals surface area contributed by atoms with Crippen molar-refractivity contribution in [2.24, 2.45) is 0 Å². The molecule has 0 saturated carbocycles. The number of aromatic hydroxyl groups is 1. The van der Waals surface area contributed by atoms with Crippen LogP contribution in [0.2, 0.25) is 5.02 Å². The van der Waals surface area contributed by atoms with Crippen molar-refractivity contribution in [2.75, 3.05) is 0 Å². The standard InChI is InChI=1S/C15H11ClO3/c16-13-3-1-2-4-15(13)19-9-10-8-18-14-6-5-11(17)7-12(10)14/h1-8,17H,9H2. The first-order valence-corrected chi connectivity index (χ1v) is 6.18. The predicted molar refractivity (Wildman–Crippen MR) is 73.7 cm³/mol. The van der Waals surface area contributed by atoms with Gasteiger partial charge in [0.25, 0.3) is 0 Å². The summed E-state index contributed by atoms with van der Waals surface area (Å²) in [6, 6.07) is 12.3. The molecule has 4 heteroatoms. The summed E-state index contributed by atoms with van der Waals surface area (Å²) in [7, 11) is 0. The molecule has 0 aliphatic rings. The van der Waals surface area contributed by atoms with E-state index < -0.39 is 0 Å². The van der Waals surface area contributed by atoms with E-state index in [9.17, 15) is 5.11 Å². The molecule has 3 aromatic rings. The van der Waals surface area contributed by atoms with Gasteiger partial charge in [0, 0.05) is 10.9 Å². The van der Waals surface area contributed by atoms with Crippen LogP contribution in [0, 0.1) is 0 Å². The van der Waals surface area contributed by atoms with Gasteiger partial charge in [-0.15, -0.1) is 0 Å². The molecular weight excluding hydrogens is 264 g/mol. The van der Waals surface area contributed by atoms with Crippen LogP contribution in [0.5, 0.6) is 11.5 Å². The molecule has 0 amide bonds. The molecule has 0 spiro atoms. The van der Waals surface area contributed by atoms with E-state index in [1.165, 1.54) is 0 Å². The zero-order valence-corrected chi connectivity index (χ0v) is 10.7. The van der Waals surface area contributed by atoms with E-state index in [1.54, 1.807) is 30.5 Å². The van der Waals surface area contributed by atoms with Crippen molar-refractivity contribution in [3.8, 4) is 11.5 Å². The Morgan fingerprint density at radius 1 is 1.16 bits per heavy atom. The van der Waals surface area contributed by atoms with Crippen molar-refractivity contribution in [1.29, 1.82) is 0 Å². The normalized spacial score (nSPS) is 10.8. The molecule has 0 radical (unpaired) electrons. The second-order valence-electron chi connectivity index (χ2n) is 4.16. The third-order valence-corrected chi connectivity index (χ3v) is 3.17. The molecule has 3 nitrogen and oxygen atoms in total. The van der Waals surface area contributed by atoms with Crippen molar-refractivity contribution in [2.45, 2.75) is 6.61 Å². The van der Waals surface area contributed by atoms with Gasteiger partial charge in [-0.1, -0.05) is 23.7 Å². The number of phenols is 1. The topological polar surface area (TPSA) is 42.6 Å². The summed E-state index contributed by atoms with van der Waals surface area (Å²) < 4.78 is 11.1. The van der Waals surface area contributed by atoms with Gasteiger partial charge < -0.3 is 14.3 Å². The third-order valence-electron chi connectivity index (χ3n) is 2.86. The highest BCUT2D eigenvalue weighted by Crippen LogP contribution is 2.28. The van der Waals surface area contributed by atoms with Gasteiger partial charge >= 0.3 is 0 Å². The van der Waals surface area contributed by atoms with Crippen LogP contribution in [0.25, 0.3) is 11.0 Å². The number of para-hydroxylation sites is 1. The van der Waals surface area contributed by atoms with E-state index in [0.29, 0.717) is 17.4 Å². The number of furan rings is 1. The summed E-state index contributed by atoms with van der Waals surface area (Å²) in [5.41, 5.74) is 1.58. The molecule has 0 unspecified atom stereocenters. The van der Waals surface area contributed by atoms with E-state index >= 15 is 0 Å². The second-order valence-corrected chi connectivity index (χ2v) is 4.57. The summed E-state index contributed by atoms with van der Waals surface area (Å²) >= 11 is 6.02. The van der Waals surface area contributed by atoms with Crippen LogP contribution in [0.4, 0.5) is 0 Å². The van der Waals surface area contributed by atoms with Gasteiger partial charge in [0.15, 0.2) is 0 Å². The highest BCUT2D eigenvalue weighted by Gasteiger charge is 2.08. The van der Waals surface area contributed by atoms with Crippen LogP contribution in [0.3, 0.4) is 0 Å². The maximum Gasteiger partial charge on any atom is 0.138 e. The lowest BCUT2D eigenvalue weighted by Gasteiger charge is -2.06. The summed E-state index contributed by atoms with van der Waals surface area (Å²) in [5.74, 6) is 0.826. The minimum Gasteiger partial charge on any atom is -0.508 e. The van der Waals surface area contributed by atoms with E-state index in [-0.39, 0.29) is 5.75 Å². The Kier molecular flexibility index (Phi) is 3.05. The lowest BCUT2D eigenvalue weighted by molar-refractivity contribution is 0.306. The first-order chi connectivity index (χ1) is 9.24. The summed E-state index contributed by atoms with van der Waals surface area (Å²) in [6.45, 7) is 0.334. The number of ether oxygens (including phenoxy) is 1. The lowest BCUT2D eigenvalue weighted by atomic mass is 10.2. The van der Waals surface area contributed by atoms with E-state index in [4.69, 9.17) is 20.8 Å². The quantitative estimate of drug-likeness (QED) is 0.771. The van der Waals surface area contributed by atoms with Crippen molar-refractivity contribution in [3.05, 3.63) is 59.3 Å². The summed E-state index contributed by atoms with van der Waals surface area (Å²) in [4.78, 5) is 0. The Balaban J connectivity index is 1.86. The summed E-state index contributed by atoms with van der Waals surface area (Å²) in [6.07, 6.45) is 1.63. The third kappa shape index (κ3) is 2.37.